The number of benzene rings is 1. The molecule has 4 aliphatic rings. The number of amides is 4. The molecule has 6 rings (SSSR count). The van der Waals surface area contributed by atoms with Crippen LogP contribution in [0.3, 0.4) is 0 Å². The van der Waals surface area contributed by atoms with Crippen LogP contribution in [0.5, 0.6) is 5.75 Å². The molecule has 2 aromatic rings. The zero-order chi connectivity index (χ0) is 33.8. The summed E-state index contributed by atoms with van der Waals surface area (Å²) in [4.78, 5) is 56.2. The highest BCUT2D eigenvalue weighted by atomic mass is 79.9. The van der Waals surface area contributed by atoms with Crippen LogP contribution in [0.25, 0.3) is 0 Å². The van der Waals surface area contributed by atoms with Crippen molar-refractivity contribution in [2.24, 2.45) is 17.8 Å². The van der Waals surface area contributed by atoms with Gasteiger partial charge in [0.05, 0.1) is 22.3 Å². The van der Waals surface area contributed by atoms with Gasteiger partial charge < -0.3 is 5.11 Å². The maximum absolute atomic E-state index is 14.2. The number of phenols is 1. The molecule has 2 aliphatic heterocycles. The summed E-state index contributed by atoms with van der Waals surface area (Å²) < 4.78 is 40.4. The molecule has 46 heavy (non-hydrogen) atoms. The van der Waals surface area contributed by atoms with Gasteiger partial charge >= 0.3 is 6.18 Å². The maximum atomic E-state index is 14.2. The van der Waals surface area contributed by atoms with Crippen LogP contribution >= 0.6 is 50.7 Å². The van der Waals surface area contributed by atoms with Crippen LogP contribution in [0.2, 0.25) is 5.02 Å². The minimum Gasteiger partial charge on any atom is -0.507 e. The fraction of sp³-hybridized carbons (Fsp3) is 0.433. The number of halogens is 7. The Morgan fingerprint density at radius 1 is 1.07 bits per heavy atom. The van der Waals surface area contributed by atoms with Crippen LogP contribution in [-0.4, -0.2) is 65.9 Å². The van der Waals surface area contributed by atoms with E-state index in [1.165, 1.54) is 7.05 Å². The van der Waals surface area contributed by atoms with E-state index in [9.17, 15) is 37.5 Å². The summed E-state index contributed by atoms with van der Waals surface area (Å²) in [5.41, 5.74) is 0.501. The molecule has 244 valence electrons. The summed E-state index contributed by atoms with van der Waals surface area (Å²) in [6, 6.07) is 4.94. The van der Waals surface area contributed by atoms with Gasteiger partial charge in [-0.3, -0.25) is 29.1 Å². The quantitative estimate of drug-likeness (QED) is 0.180. The average Bonchev–Trinajstić information content (AvgIpc) is 3.32. The van der Waals surface area contributed by atoms with E-state index in [-0.39, 0.29) is 29.1 Å². The first-order valence-electron chi connectivity index (χ1n) is 14.1. The van der Waals surface area contributed by atoms with Crippen LogP contribution in [0, 0.1) is 31.6 Å². The average molecular weight is 765 g/mol. The third kappa shape index (κ3) is 4.37. The number of aromatic nitrogens is 1. The highest BCUT2D eigenvalue weighted by Gasteiger charge is 2.76. The summed E-state index contributed by atoms with van der Waals surface area (Å²) in [5.74, 6) is -7.35. The van der Waals surface area contributed by atoms with Gasteiger partial charge in [0.2, 0.25) is 0 Å². The maximum Gasteiger partial charge on any atom is 0.433 e. The predicted octanol–water partition coefficient (Wildman–Crippen LogP) is 5.84. The second kappa shape index (κ2) is 10.8. The van der Waals surface area contributed by atoms with E-state index in [1.54, 1.807) is 32.1 Å². The van der Waals surface area contributed by atoms with E-state index < -0.39 is 74.7 Å². The van der Waals surface area contributed by atoms with Crippen LogP contribution in [0.1, 0.15) is 41.1 Å². The molecule has 3 fully saturated rings. The molecule has 2 aliphatic carbocycles. The normalized spacial score (nSPS) is 30.8. The molecule has 6 unspecified atom stereocenters. The number of hydrogen-bond acceptors (Lipinski definition) is 7. The number of rotatable bonds is 4. The number of hydrazine groups is 1. The SMILES string of the molecule is Cc1cc(C2C3=CCC4C(=O)N(N(C)c5nc(C(F)(F)F)ccc5Cl)C(=O)C4C3CC3(Cl)C(=O)N(CBr)C(=O)C23Cl)cc(C)c1O. The van der Waals surface area contributed by atoms with Gasteiger partial charge in [0.15, 0.2) is 15.6 Å². The number of imide groups is 2. The lowest BCUT2D eigenvalue weighted by Crippen LogP contribution is -2.60. The summed E-state index contributed by atoms with van der Waals surface area (Å²) in [6.45, 7) is 3.33. The minimum absolute atomic E-state index is 0.0302. The molecule has 1 aromatic carbocycles. The van der Waals surface area contributed by atoms with Crippen LogP contribution in [0.4, 0.5) is 19.0 Å². The van der Waals surface area contributed by atoms with E-state index in [2.05, 4.69) is 20.9 Å². The van der Waals surface area contributed by atoms with Gasteiger partial charge in [0.1, 0.15) is 11.4 Å². The van der Waals surface area contributed by atoms with Gasteiger partial charge in [-0.25, -0.2) is 4.98 Å². The van der Waals surface area contributed by atoms with Crippen LogP contribution in [-0.2, 0) is 25.4 Å². The lowest BCUT2D eigenvalue weighted by molar-refractivity contribution is -0.142. The fourth-order valence-corrected chi connectivity index (χ4v) is 9.13. The largest absolute Gasteiger partial charge is 0.507 e. The predicted molar refractivity (Wildman–Crippen MR) is 165 cm³/mol. The van der Waals surface area contributed by atoms with Crippen molar-refractivity contribution in [3.63, 3.8) is 0 Å². The Morgan fingerprint density at radius 3 is 2.28 bits per heavy atom. The van der Waals surface area contributed by atoms with E-state index in [0.29, 0.717) is 28.3 Å². The fourth-order valence-electron chi connectivity index (χ4n) is 7.47. The Labute approximate surface area is 284 Å². The topological polar surface area (TPSA) is 111 Å². The highest BCUT2D eigenvalue weighted by Crippen LogP contribution is 2.65. The number of pyridine rings is 1. The number of fused-ring (bicyclic) bond motifs is 4. The molecule has 16 heteroatoms. The van der Waals surface area contributed by atoms with Crippen molar-refractivity contribution in [3.05, 3.63) is 63.3 Å². The first kappa shape index (κ1) is 33.0. The number of alkyl halides is 6. The molecule has 0 bridgehead atoms. The summed E-state index contributed by atoms with van der Waals surface area (Å²) in [5, 5.41) is 11.9. The van der Waals surface area contributed by atoms with E-state index in [1.807, 2.05) is 0 Å². The van der Waals surface area contributed by atoms with Crippen molar-refractivity contribution >= 4 is 80.2 Å². The number of nitrogens with zero attached hydrogens (tertiary/aromatic N) is 4. The number of allylic oxidation sites excluding steroid dienone is 2. The van der Waals surface area contributed by atoms with E-state index in [0.717, 1.165) is 21.0 Å². The van der Waals surface area contributed by atoms with Gasteiger partial charge in [-0.15, -0.1) is 23.2 Å². The van der Waals surface area contributed by atoms with Crippen molar-refractivity contribution < 1.29 is 37.5 Å². The molecule has 6 atom stereocenters. The van der Waals surface area contributed by atoms with Crippen molar-refractivity contribution in [1.82, 2.24) is 14.9 Å². The Kier molecular flexibility index (Phi) is 7.78. The number of hydrogen-bond donors (Lipinski definition) is 1. The van der Waals surface area contributed by atoms with Gasteiger partial charge in [-0.2, -0.15) is 18.2 Å². The number of phenolic OH excluding ortho intramolecular Hbond substituents is 1. The number of aromatic hydroxyl groups is 1. The smallest absolute Gasteiger partial charge is 0.433 e. The number of carbonyl (C=O) groups excluding carboxylic acids is 4. The number of aryl methyl sites for hydroxylation is 2. The second-order valence-electron chi connectivity index (χ2n) is 12.0. The van der Waals surface area contributed by atoms with Gasteiger partial charge in [-0.05, 0) is 61.4 Å². The number of anilines is 1. The Hall–Kier alpha value is -2.87. The van der Waals surface area contributed by atoms with Gasteiger partial charge in [0, 0.05) is 13.0 Å². The Bertz CT molecular complexity index is 1750. The number of carbonyl (C=O) groups is 4. The monoisotopic (exact) mass is 762 g/mol. The molecule has 2 saturated heterocycles. The summed E-state index contributed by atoms with van der Waals surface area (Å²) in [7, 11) is 1.21. The summed E-state index contributed by atoms with van der Waals surface area (Å²) >= 11 is 23.8. The lowest BCUT2D eigenvalue weighted by Gasteiger charge is -2.50. The van der Waals surface area contributed by atoms with Crippen molar-refractivity contribution in [2.45, 2.75) is 48.5 Å². The van der Waals surface area contributed by atoms with Crippen molar-refractivity contribution in [2.75, 3.05) is 17.5 Å². The Balaban J connectivity index is 1.48. The molecule has 9 nitrogen and oxygen atoms in total. The zero-order valence-corrected chi connectivity index (χ0v) is 28.2. The molecule has 1 N–H and O–H groups in total. The molecular weight excluding hydrogens is 740 g/mol. The van der Waals surface area contributed by atoms with Crippen molar-refractivity contribution in [1.29, 1.82) is 0 Å². The molecule has 1 saturated carbocycles. The standard InChI is InChI=1S/C30H25BrCl3F3N4O5/c1-12-8-14(9-13(2)22(12)42)21-15-4-5-16-20(17(15)10-28(33)26(45)40(11-31)27(46)29(21,28)34)25(44)41(24(16)43)39(3)23-18(32)6-7-19(38-23)30(35,36)37/h4,6-9,16-17,20-21,42H,5,10-11H2,1-3H3. The second-order valence-corrected chi connectivity index (χ2v) is 14.2. The lowest BCUT2D eigenvalue weighted by atomic mass is 9.56. The van der Waals surface area contributed by atoms with E-state index in [4.69, 9.17) is 34.8 Å². The van der Waals surface area contributed by atoms with Crippen LogP contribution < -0.4 is 5.01 Å². The van der Waals surface area contributed by atoms with Crippen molar-refractivity contribution in [3.8, 4) is 5.75 Å². The molecule has 1 aromatic heterocycles. The van der Waals surface area contributed by atoms with Gasteiger partial charge in [0.25, 0.3) is 23.6 Å². The Morgan fingerprint density at radius 2 is 1.70 bits per heavy atom. The van der Waals surface area contributed by atoms with E-state index >= 15 is 0 Å². The molecule has 4 amide bonds. The molecule has 0 spiro atoms. The zero-order valence-electron chi connectivity index (χ0n) is 24.3. The summed E-state index contributed by atoms with van der Waals surface area (Å²) in [6.07, 6.45) is -3.32. The highest BCUT2D eigenvalue weighted by molar-refractivity contribution is 9.09. The first-order chi connectivity index (χ1) is 21.4. The van der Waals surface area contributed by atoms with Gasteiger partial charge in [-0.1, -0.05) is 51.3 Å². The van der Waals surface area contributed by atoms with Crippen LogP contribution in [0.15, 0.2) is 35.9 Å². The molecule has 3 heterocycles. The first-order valence-corrected chi connectivity index (χ1v) is 16.3. The number of likely N-dealkylation sites (tertiary alicyclic amines) is 1. The molecular formula is C30H25BrCl3F3N4O5. The molecule has 0 radical (unpaired) electrons. The third-order valence-electron chi connectivity index (χ3n) is 9.56. The third-order valence-corrected chi connectivity index (χ3v) is 11.8. The minimum atomic E-state index is -4.81.